The first kappa shape index (κ1) is 58.1. The summed E-state index contributed by atoms with van der Waals surface area (Å²) in [4.78, 5) is 37.9. The lowest BCUT2D eigenvalue weighted by Crippen LogP contribution is -2.30. The highest BCUT2D eigenvalue weighted by Gasteiger charge is 2.19. The van der Waals surface area contributed by atoms with Crippen LogP contribution in [0.1, 0.15) is 252 Å². The molecule has 0 fully saturated rings. The van der Waals surface area contributed by atoms with Crippen LogP contribution in [-0.2, 0) is 28.6 Å². The van der Waals surface area contributed by atoms with Crippen molar-refractivity contribution >= 4 is 17.9 Å². The van der Waals surface area contributed by atoms with Crippen molar-refractivity contribution in [2.45, 2.75) is 258 Å². The maximum atomic E-state index is 12.8. The highest BCUT2D eigenvalue weighted by Crippen LogP contribution is 2.15. The van der Waals surface area contributed by atoms with Gasteiger partial charge in [-0.3, -0.25) is 14.4 Å². The fraction of sp³-hybridized carbons (Fsp3) is 0.764. The van der Waals surface area contributed by atoms with Gasteiger partial charge in [-0.1, -0.05) is 216 Å². The smallest absolute Gasteiger partial charge is 0.306 e. The van der Waals surface area contributed by atoms with Crippen molar-refractivity contribution in [3.05, 3.63) is 60.8 Å². The third kappa shape index (κ3) is 48.0. The summed E-state index contributed by atoms with van der Waals surface area (Å²) in [6.07, 6.45) is 60.7. The summed E-state index contributed by atoms with van der Waals surface area (Å²) in [5.74, 6) is -0.919. The minimum Gasteiger partial charge on any atom is -0.462 e. The highest BCUT2D eigenvalue weighted by atomic mass is 16.6. The Morgan fingerprint density at radius 2 is 0.639 bits per heavy atom. The first-order chi connectivity index (χ1) is 30.0. The molecule has 0 aromatic heterocycles. The van der Waals surface area contributed by atoms with E-state index in [1.54, 1.807) is 0 Å². The fourth-order valence-electron chi connectivity index (χ4n) is 7.20. The van der Waals surface area contributed by atoms with E-state index in [0.29, 0.717) is 19.3 Å². The number of allylic oxidation sites excluding steroid dienone is 10. The van der Waals surface area contributed by atoms with E-state index in [-0.39, 0.29) is 31.1 Å². The van der Waals surface area contributed by atoms with Gasteiger partial charge in [0.05, 0.1) is 0 Å². The lowest BCUT2D eigenvalue weighted by Gasteiger charge is -2.18. The largest absolute Gasteiger partial charge is 0.462 e. The van der Waals surface area contributed by atoms with Gasteiger partial charge in [0.15, 0.2) is 6.10 Å². The van der Waals surface area contributed by atoms with Crippen LogP contribution in [-0.4, -0.2) is 37.2 Å². The van der Waals surface area contributed by atoms with Crippen molar-refractivity contribution in [1.29, 1.82) is 0 Å². The van der Waals surface area contributed by atoms with Gasteiger partial charge in [-0.05, 0) is 77.0 Å². The van der Waals surface area contributed by atoms with Gasteiger partial charge in [-0.15, -0.1) is 0 Å². The van der Waals surface area contributed by atoms with Crippen molar-refractivity contribution < 1.29 is 28.6 Å². The molecule has 0 aliphatic heterocycles. The number of hydrogen-bond acceptors (Lipinski definition) is 6. The maximum absolute atomic E-state index is 12.8. The van der Waals surface area contributed by atoms with Gasteiger partial charge in [0, 0.05) is 19.3 Å². The lowest BCUT2D eigenvalue weighted by molar-refractivity contribution is -0.167. The summed E-state index contributed by atoms with van der Waals surface area (Å²) in [5, 5.41) is 0. The van der Waals surface area contributed by atoms with Crippen LogP contribution in [0.25, 0.3) is 0 Å². The number of rotatable bonds is 46. The van der Waals surface area contributed by atoms with Crippen molar-refractivity contribution in [2.24, 2.45) is 0 Å². The first-order valence-corrected chi connectivity index (χ1v) is 25.8. The van der Waals surface area contributed by atoms with Gasteiger partial charge in [-0.2, -0.15) is 0 Å². The molecule has 0 aliphatic rings. The Hall–Kier alpha value is -2.89. The molecule has 0 aromatic carbocycles. The molecule has 0 aliphatic carbocycles. The number of esters is 3. The topological polar surface area (TPSA) is 78.9 Å². The van der Waals surface area contributed by atoms with Gasteiger partial charge in [0.2, 0.25) is 0 Å². The van der Waals surface area contributed by atoms with E-state index in [1.165, 1.54) is 89.9 Å². The molecule has 1 unspecified atom stereocenters. The van der Waals surface area contributed by atoms with Crippen LogP contribution in [0, 0.1) is 0 Å². The number of unbranched alkanes of at least 4 members (excludes halogenated alkanes) is 25. The first-order valence-electron chi connectivity index (χ1n) is 25.8. The molecule has 0 heterocycles. The van der Waals surface area contributed by atoms with E-state index in [2.05, 4.69) is 81.5 Å². The standard InChI is InChI=1S/C55H96O6/c1-4-7-10-13-16-19-22-25-27-28-29-31-33-36-39-42-45-48-54(57)60-51-52(50-59-53(56)47-44-41-38-35-32-24-21-18-15-12-9-6-3)61-55(58)49-46-43-40-37-34-30-26-23-20-17-14-11-8-5-2/h8-9,11-12,17-18,20-21,26,30,52H,4-7,10,13-16,19,22-25,27-29,31-51H2,1-3H3/b11-8-,12-9-,20-17-,21-18-,30-26-. The molecule has 61 heavy (non-hydrogen) atoms. The summed E-state index contributed by atoms with van der Waals surface area (Å²) in [7, 11) is 0. The van der Waals surface area contributed by atoms with Crippen LogP contribution in [0.2, 0.25) is 0 Å². The van der Waals surface area contributed by atoms with Crippen LogP contribution >= 0.6 is 0 Å². The lowest BCUT2D eigenvalue weighted by atomic mass is 10.0. The Morgan fingerprint density at radius 3 is 1.00 bits per heavy atom. The molecule has 0 saturated carbocycles. The second kappa shape index (κ2) is 49.8. The van der Waals surface area contributed by atoms with Crippen LogP contribution in [0.15, 0.2) is 60.8 Å². The molecule has 0 spiro atoms. The molecule has 6 nitrogen and oxygen atoms in total. The van der Waals surface area contributed by atoms with Crippen molar-refractivity contribution in [3.63, 3.8) is 0 Å². The summed E-state index contributed by atoms with van der Waals surface area (Å²) < 4.78 is 16.8. The molecular formula is C55H96O6. The second-order valence-corrected chi connectivity index (χ2v) is 17.0. The molecule has 0 N–H and O–H groups in total. The Balaban J connectivity index is 4.38. The predicted molar refractivity (Wildman–Crippen MR) is 261 cm³/mol. The average molecular weight is 853 g/mol. The Morgan fingerprint density at radius 1 is 0.344 bits per heavy atom. The number of carbonyl (C=O) groups is 3. The molecule has 6 heteroatoms. The van der Waals surface area contributed by atoms with Crippen molar-refractivity contribution in [1.82, 2.24) is 0 Å². The van der Waals surface area contributed by atoms with Crippen LogP contribution in [0.3, 0.4) is 0 Å². The molecule has 1 atom stereocenters. The normalized spacial score (nSPS) is 12.5. The fourth-order valence-corrected chi connectivity index (χ4v) is 7.20. The summed E-state index contributed by atoms with van der Waals surface area (Å²) in [6, 6.07) is 0. The van der Waals surface area contributed by atoms with Gasteiger partial charge < -0.3 is 14.2 Å². The van der Waals surface area contributed by atoms with Crippen LogP contribution in [0.5, 0.6) is 0 Å². The maximum Gasteiger partial charge on any atom is 0.306 e. The summed E-state index contributed by atoms with van der Waals surface area (Å²) >= 11 is 0. The monoisotopic (exact) mass is 853 g/mol. The zero-order valence-electron chi connectivity index (χ0n) is 40.2. The summed E-state index contributed by atoms with van der Waals surface area (Å²) in [5.41, 5.74) is 0. The van der Waals surface area contributed by atoms with E-state index in [1.807, 2.05) is 0 Å². The third-order valence-corrected chi connectivity index (χ3v) is 11.0. The second-order valence-electron chi connectivity index (χ2n) is 17.0. The Bertz CT molecular complexity index is 1120. The van der Waals surface area contributed by atoms with Crippen LogP contribution < -0.4 is 0 Å². The molecule has 0 rings (SSSR count). The molecule has 352 valence electrons. The van der Waals surface area contributed by atoms with Gasteiger partial charge in [0.25, 0.3) is 0 Å². The Labute approximate surface area is 377 Å². The number of hydrogen-bond donors (Lipinski definition) is 0. The quantitative estimate of drug-likeness (QED) is 0.0263. The molecule has 0 bridgehead atoms. The molecule has 0 radical (unpaired) electrons. The van der Waals surface area contributed by atoms with Crippen molar-refractivity contribution in [2.75, 3.05) is 13.2 Å². The van der Waals surface area contributed by atoms with Crippen molar-refractivity contribution in [3.8, 4) is 0 Å². The van der Waals surface area contributed by atoms with Crippen LogP contribution in [0.4, 0.5) is 0 Å². The highest BCUT2D eigenvalue weighted by molar-refractivity contribution is 5.71. The van der Waals surface area contributed by atoms with E-state index in [4.69, 9.17) is 14.2 Å². The minimum absolute atomic E-state index is 0.0862. The number of ether oxygens (including phenoxy) is 3. The SMILES string of the molecule is CC/C=C\C/C=C\C/C=C\CCCCCCC(=O)OC(COC(=O)CCCCCCC/C=C\C/C=C\CC)COC(=O)CCCCCCCCCCCCCCCCCCC. The zero-order valence-corrected chi connectivity index (χ0v) is 40.2. The predicted octanol–water partition coefficient (Wildman–Crippen LogP) is 16.9. The van der Waals surface area contributed by atoms with Gasteiger partial charge >= 0.3 is 17.9 Å². The number of carbonyl (C=O) groups excluding carboxylic acids is 3. The summed E-state index contributed by atoms with van der Waals surface area (Å²) in [6.45, 7) is 6.40. The minimum atomic E-state index is -0.789. The molecule has 0 amide bonds. The van der Waals surface area contributed by atoms with Gasteiger partial charge in [-0.25, -0.2) is 0 Å². The average Bonchev–Trinajstić information content (AvgIpc) is 3.26. The van der Waals surface area contributed by atoms with E-state index in [9.17, 15) is 14.4 Å². The third-order valence-electron chi connectivity index (χ3n) is 11.0. The molecular weight excluding hydrogens is 757 g/mol. The van der Waals surface area contributed by atoms with E-state index in [0.717, 1.165) is 122 Å². The van der Waals surface area contributed by atoms with Gasteiger partial charge in [0.1, 0.15) is 13.2 Å². The molecule has 0 aromatic rings. The zero-order chi connectivity index (χ0) is 44.4. The van der Waals surface area contributed by atoms with E-state index >= 15 is 0 Å². The Kier molecular flexibility index (Phi) is 47.4. The van der Waals surface area contributed by atoms with E-state index < -0.39 is 6.10 Å². The molecule has 0 saturated heterocycles.